The van der Waals surface area contributed by atoms with E-state index in [4.69, 9.17) is 0 Å². The number of hydrogen-bond acceptors (Lipinski definition) is 6. The molecule has 2 aliphatic carbocycles. The minimum atomic E-state index is -4.33. The fourth-order valence-electron chi connectivity index (χ4n) is 4.88. The standard InChI is InChI=1S/C10H16O4S.C10H17O2S/c1-9(2)7-3-4-10(9,8(11)5-7)6-15(12,13)14;1-2-3-10(12)8-13-6-4-9(11)5-7-13/h7H,3-6H2,1-2H3,(H,12,13,14);2-8H2,1H3/q;+1/p-1. The van der Waals surface area contributed by atoms with Gasteiger partial charge in [-0.05, 0) is 41.5 Å². The summed E-state index contributed by atoms with van der Waals surface area (Å²) in [6.45, 7) is 5.87. The maximum atomic E-state index is 11.8. The maximum Gasteiger partial charge on any atom is 0.181 e. The quantitative estimate of drug-likeness (QED) is 0.470. The summed E-state index contributed by atoms with van der Waals surface area (Å²) in [7, 11) is -4.09. The van der Waals surface area contributed by atoms with Crippen molar-refractivity contribution in [2.75, 3.05) is 23.0 Å². The number of carbonyl (C=O) groups is 3. The topological polar surface area (TPSA) is 108 Å². The van der Waals surface area contributed by atoms with Gasteiger partial charge in [-0.1, -0.05) is 20.8 Å². The van der Waals surface area contributed by atoms with Crippen LogP contribution in [-0.2, 0) is 35.4 Å². The summed E-state index contributed by atoms with van der Waals surface area (Å²) in [5.41, 5.74) is -1.22. The van der Waals surface area contributed by atoms with E-state index in [1.165, 1.54) is 0 Å². The van der Waals surface area contributed by atoms with Crippen LogP contribution in [0.3, 0.4) is 0 Å². The Labute approximate surface area is 171 Å². The zero-order valence-corrected chi connectivity index (χ0v) is 18.8. The molecule has 0 amide bonds. The van der Waals surface area contributed by atoms with E-state index in [0.29, 0.717) is 37.2 Å². The van der Waals surface area contributed by atoms with Crippen LogP contribution >= 0.6 is 0 Å². The van der Waals surface area contributed by atoms with E-state index >= 15 is 0 Å². The third-order valence-corrected chi connectivity index (χ3v) is 9.93. The Morgan fingerprint density at radius 2 is 1.82 bits per heavy atom. The minimum Gasteiger partial charge on any atom is -0.748 e. The average molecular weight is 433 g/mol. The molecule has 160 valence electrons. The average Bonchev–Trinajstić information content (AvgIpc) is 2.90. The van der Waals surface area contributed by atoms with E-state index in [-0.39, 0.29) is 28.0 Å². The number of carbonyl (C=O) groups excluding carboxylic acids is 3. The number of rotatable bonds is 6. The Bertz CT molecular complexity index is 717. The highest BCUT2D eigenvalue weighted by molar-refractivity contribution is 7.97. The molecule has 0 radical (unpaired) electrons. The fraction of sp³-hybridized carbons (Fsp3) is 0.850. The molecule has 0 aromatic carbocycles. The number of hydrogen-bond donors (Lipinski definition) is 0. The van der Waals surface area contributed by atoms with E-state index in [1.54, 1.807) is 0 Å². The van der Waals surface area contributed by atoms with Gasteiger partial charge in [-0.15, -0.1) is 0 Å². The van der Waals surface area contributed by atoms with Gasteiger partial charge < -0.3 is 4.55 Å². The third-order valence-electron chi connectivity index (χ3n) is 6.80. The molecule has 3 rings (SSSR count). The molecule has 2 bridgehead atoms. The minimum absolute atomic E-state index is 0.0248. The molecule has 2 saturated carbocycles. The van der Waals surface area contributed by atoms with Crippen LogP contribution in [0.2, 0.25) is 0 Å². The first-order chi connectivity index (χ1) is 12.9. The van der Waals surface area contributed by atoms with Crippen molar-refractivity contribution in [2.24, 2.45) is 16.7 Å². The van der Waals surface area contributed by atoms with Crippen molar-refractivity contribution < 1.29 is 27.4 Å². The number of ketones is 3. The lowest BCUT2D eigenvalue weighted by Gasteiger charge is -2.37. The summed E-state index contributed by atoms with van der Waals surface area (Å²) in [6.07, 6.45) is 4.97. The first-order valence-electron chi connectivity index (χ1n) is 10.1. The van der Waals surface area contributed by atoms with Crippen molar-refractivity contribution in [2.45, 2.75) is 65.7 Å². The van der Waals surface area contributed by atoms with Gasteiger partial charge in [-0.25, -0.2) is 8.42 Å². The van der Waals surface area contributed by atoms with Crippen LogP contribution in [0.15, 0.2) is 0 Å². The van der Waals surface area contributed by atoms with E-state index in [1.807, 2.05) is 20.8 Å². The largest absolute Gasteiger partial charge is 0.748 e. The predicted octanol–water partition coefficient (Wildman–Crippen LogP) is 2.26. The van der Waals surface area contributed by atoms with Gasteiger partial charge in [-0.2, -0.15) is 0 Å². The molecule has 0 aromatic heterocycles. The SMILES string of the molecule is CC1(C)C2CCC1(CS(=O)(=O)[O-])C(=O)C2.CCCC(=O)C[S+]1CCC(=O)CC1. The van der Waals surface area contributed by atoms with Crippen LogP contribution < -0.4 is 0 Å². The second-order valence-electron chi connectivity index (χ2n) is 8.86. The second kappa shape index (κ2) is 8.96. The Morgan fingerprint density at radius 1 is 1.21 bits per heavy atom. The van der Waals surface area contributed by atoms with Crippen molar-refractivity contribution in [3.05, 3.63) is 0 Å². The Hall–Kier alpha value is -0.730. The van der Waals surface area contributed by atoms with Gasteiger partial charge in [0, 0.05) is 18.3 Å². The zero-order chi connectivity index (χ0) is 21.2. The summed E-state index contributed by atoms with van der Waals surface area (Å²) in [6, 6.07) is 0. The van der Waals surface area contributed by atoms with Crippen LogP contribution in [0, 0.1) is 16.7 Å². The van der Waals surface area contributed by atoms with Crippen LogP contribution in [0.1, 0.15) is 65.7 Å². The van der Waals surface area contributed by atoms with Crippen molar-refractivity contribution in [3.63, 3.8) is 0 Å². The third kappa shape index (κ3) is 5.25. The fourth-order valence-corrected chi connectivity index (χ4v) is 8.28. The molecular weight excluding hydrogens is 400 g/mol. The van der Waals surface area contributed by atoms with Crippen LogP contribution in [-0.4, -0.2) is 53.3 Å². The molecule has 2 atom stereocenters. The Balaban J connectivity index is 0.000000203. The van der Waals surface area contributed by atoms with E-state index in [0.717, 1.165) is 36.5 Å². The van der Waals surface area contributed by atoms with Crippen molar-refractivity contribution >= 4 is 38.4 Å². The summed E-state index contributed by atoms with van der Waals surface area (Å²) in [4.78, 5) is 34.1. The van der Waals surface area contributed by atoms with Crippen molar-refractivity contribution in [1.29, 1.82) is 0 Å². The predicted molar refractivity (Wildman–Crippen MR) is 109 cm³/mol. The molecule has 3 aliphatic rings. The molecule has 2 unspecified atom stereocenters. The highest BCUT2D eigenvalue weighted by atomic mass is 32.2. The van der Waals surface area contributed by atoms with Crippen LogP contribution in [0.5, 0.6) is 0 Å². The molecule has 0 N–H and O–H groups in total. The van der Waals surface area contributed by atoms with Gasteiger partial charge in [0.15, 0.2) is 11.5 Å². The highest BCUT2D eigenvalue weighted by Crippen LogP contribution is 2.64. The van der Waals surface area contributed by atoms with Gasteiger partial charge in [0.2, 0.25) is 0 Å². The van der Waals surface area contributed by atoms with E-state index in [9.17, 15) is 27.4 Å². The molecule has 6 nitrogen and oxygen atoms in total. The van der Waals surface area contributed by atoms with Gasteiger partial charge >= 0.3 is 0 Å². The zero-order valence-electron chi connectivity index (χ0n) is 17.1. The number of fused-ring (bicyclic) bond motifs is 2. The smallest absolute Gasteiger partial charge is 0.181 e. The first kappa shape index (κ1) is 23.5. The van der Waals surface area contributed by atoms with Crippen LogP contribution in [0.25, 0.3) is 0 Å². The molecule has 3 fully saturated rings. The lowest BCUT2D eigenvalue weighted by Crippen LogP contribution is -2.42. The Kier molecular flexibility index (Phi) is 7.54. The summed E-state index contributed by atoms with van der Waals surface area (Å²) in [5, 5.41) is 0. The molecular formula is C20H32O6S2. The highest BCUT2D eigenvalue weighted by Gasteiger charge is 2.64. The normalized spacial score (nSPS) is 29.5. The molecule has 1 saturated heterocycles. The molecule has 1 aliphatic heterocycles. The molecule has 0 spiro atoms. The maximum absolute atomic E-state index is 11.8. The summed E-state index contributed by atoms with van der Waals surface area (Å²) < 4.78 is 32.7. The summed E-state index contributed by atoms with van der Waals surface area (Å²) in [5.74, 6) is 3.16. The van der Waals surface area contributed by atoms with Crippen molar-refractivity contribution in [1.82, 2.24) is 0 Å². The lowest BCUT2D eigenvalue weighted by atomic mass is 9.70. The number of Topliss-reactive ketones (excluding diaryl/α,β-unsaturated/α-hetero) is 3. The van der Waals surface area contributed by atoms with Gasteiger partial charge in [0.1, 0.15) is 23.1 Å². The van der Waals surface area contributed by atoms with Gasteiger partial charge in [0.05, 0.1) is 28.7 Å². The summed E-state index contributed by atoms with van der Waals surface area (Å²) >= 11 is 0. The molecule has 0 aromatic rings. The van der Waals surface area contributed by atoms with Crippen LogP contribution in [0.4, 0.5) is 0 Å². The molecule has 1 heterocycles. The lowest BCUT2D eigenvalue weighted by molar-refractivity contribution is -0.128. The second-order valence-corrected chi connectivity index (χ2v) is 12.6. The molecule has 8 heteroatoms. The molecule has 28 heavy (non-hydrogen) atoms. The van der Waals surface area contributed by atoms with E-state index < -0.39 is 21.3 Å². The first-order valence-corrected chi connectivity index (χ1v) is 13.4. The monoisotopic (exact) mass is 432 g/mol. The van der Waals surface area contributed by atoms with E-state index in [2.05, 4.69) is 0 Å². The van der Waals surface area contributed by atoms with Gasteiger partial charge in [0.25, 0.3) is 0 Å². The Morgan fingerprint density at radius 3 is 2.25 bits per heavy atom. The van der Waals surface area contributed by atoms with Gasteiger partial charge in [-0.3, -0.25) is 14.4 Å². The van der Waals surface area contributed by atoms with Crippen molar-refractivity contribution in [3.8, 4) is 0 Å².